The zero-order valence-corrected chi connectivity index (χ0v) is 10.7. The maximum atomic E-state index is 5.93. The molecule has 0 bridgehead atoms. The Labute approximate surface area is 112 Å². The van der Waals surface area contributed by atoms with Crippen LogP contribution in [0.1, 0.15) is 0 Å². The van der Waals surface area contributed by atoms with Gasteiger partial charge >= 0.3 is 0 Å². The van der Waals surface area contributed by atoms with Crippen molar-refractivity contribution in [1.29, 1.82) is 0 Å². The van der Waals surface area contributed by atoms with Crippen molar-refractivity contribution >= 4 is 28.6 Å². The lowest BCUT2D eigenvalue weighted by Gasteiger charge is -2.01. The Balaban J connectivity index is 2.03. The minimum Gasteiger partial charge on any atom is -0.398 e. The van der Waals surface area contributed by atoms with Gasteiger partial charge in [-0.15, -0.1) is 0 Å². The SMILES string of the molecule is Nc1cc(Cl)ccc1-c1ncc(-n2cncn2)s1. The normalized spacial score (nSPS) is 10.7. The molecule has 7 heteroatoms. The molecule has 0 radical (unpaired) electrons. The summed E-state index contributed by atoms with van der Waals surface area (Å²) in [6, 6.07) is 5.37. The van der Waals surface area contributed by atoms with Crippen molar-refractivity contribution in [2.45, 2.75) is 0 Å². The summed E-state index contributed by atoms with van der Waals surface area (Å²) in [6.45, 7) is 0. The van der Waals surface area contributed by atoms with Gasteiger partial charge < -0.3 is 5.73 Å². The van der Waals surface area contributed by atoms with E-state index in [0.29, 0.717) is 10.7 Å². The molecule has 18 heavy (non-hydrogen) atoms. The van der Waals surface area contributed by atoms with Gasteiger partial charge in [-0.3, -0.25) is 0 Å². The minimum atomic E-state index is 0.613. The number of anilines is 1. The van der Waals surface area contributed by atoms with Crippen LogP contribution in [-0.2, 0) is 0 Å². The van der Waals surface area contributed by atoms with Crippen molar-refractivity contribution < 1.29 is 0 Å². The van der Waals surface area contributed by atoms with Crippen LogP contribution in [0.5, 0.6) is 0 Å². The molecular weight excluding hydrogens is 270 g/mol. The number of rotatable bonds is 2. The minimum absolute atomic E-state index is 0.613. The van der Waals surface area contributed by atoms with Crippen molar-refractivity contribution in [1.82, 2.24) is 19.7 Å². The molecule has 2 aromatic heterocycles. The van der Waals surface area contributed by atoms with E-state index in [1.807, 2.05) is 6.07 Å². The number of aromatic nitrogens is 4. The predicted octanol–water partition coefficient (Wildman–Crippen LogP) is 2.63. The first kappa shape index (κ1) is 11.2. The van der Waals surface area contributed by atoms with E-state index in [2.05, 4.69) is 15.1 Å². The number of nitrogens with two attached hydrogens (primary N) is 1. The Kier molecular flexibility index (Phi) is 2.73. The van der Waals surface area contributed by atoms with Gasteiger partial charge in [0.15, 0.2) is 0 Å². The standard InChI is InChI=1S/C11H8ClN5S/c12-7-1-2-8(9(13)3-7)11-15-4-10(18-11)17-6-14-5-16-17/h1-6H,13H2. The second kappa shape index (κ2) is 4.40. The van der Waals surface area contributed by atoms with Gasteiger partial charge in [-0.05, 0) is 18.2 Å². The summed E-state index contributed by atoms with van der Waals surface area (Å²) in [4.78, 5) is 8.24. The molecule has 3 aromatic rings. The van der Waals surface area contributed by atoms with Crippen LogP contribution in [0, 0.1) is 0 Å². The molecule has 0 aliphatic heterocycles. The quantitative estimate of drug-likeness (QED) is 0.731. The van der Waals surface area contributed by atoms with Gasteiger partial charge in [-0.2, -0.15) is 5.10 Å². The molecule has 0 amide bonds. The highest BCUT2D eigenvalue weighted by Crippen LogP contribution is 2.32. The number of nitrogen functional groups attached to an aromatic ring is 1. The smallest absolute Gasteiger partial charge is 0.139 e. The molecule has 2 N–H and O–H groups in total. The summed E-state index contributed by atoms with van der Waals surface area (Å²) in [5.74, 6) is 0. The van der Waals surface area contributed by atoms with Crippen molar-refractivity contribution in [3.05, 3.63) is 42.1 Å². The van der Waals surface area contributed by atoms with E-state index in [4.69, 9.17) is 17.3 Å². The van der Waals surface area contributed by atoms with Gasteiger partial charge in [0.2, 0.25) is 0 Å². The van der Waals surface area contributed by atoms with E-state index in [1.165, 1.54) is 17.7 Å². The molecule has 0 aliphatic carbocycles. The summed E-state index contributed by atoms with van der Waals surface area (Å²) in [5, 5.41) is 6.38. The van der Waals surface area contributed by atoms with E-state index in [0.717, 1.165) is 15.6 Å². The van der Waals surface area contributed by atoms with Gasteiger partial charge in [0.05, 0.1) is 6.20 Å². The highest BCUT2D eigenvalue weighted by atomic mass is 35.5. The molecule has 90 valence electrons. The summed E-state index contributed by atoms with van der Waals surface area (Å²) < 4.78 is 1.66. The highest BCUT2D eigenvalue weighted by molar-refractivity contribution is 7.17. The number of thiazole rings is 1. The Bertz CT molecular complexity index is 677. The first-order chi connectivity index (χ1) is 8.74. The van der Waals surface area contributed by atoms with Crippen LogP contribution >= 0.6 is 22.9 Å². The first-order valence-electron chi connectivity index (χ1n) is 5.10. The molecule has 0 saturated carbocycles. The molecule has 0 saturated heterocycles. The third kappa shape index (κ3) is 1.96. The van der Waals surface area contributed by atoms with Gasteiger partial charge in [-0.25, -0.2) is 14.6 Å². The fourth-order valence-corrected chi connectivity index (χ4v) is 2.62. The number of nitrogens with zero attached hydrogens (tertiary/aromatic N) is 4. The highest BCUT2D eigenvalue weighted by Gasteiger charge is 2.09. The molecule has 0 aliphatic rings. The lowest BCUT2D eigenvalue weighted by Crippen LogP contribution is -1.89. The van der Waals surface area contributed by atoms with Gasteiger partial charge in [0.1, 0.15) is 22.7 Å². The number of hydrogen-bond donors (Lipinski definition) is 1. The van der Waals surface area contributed by atoms with Crippen LogP contribution < -0.4 is 5.73 Å². The Morgan fingerprint density at radius 1 is 1.33 bits per heavy atom. The third-order valence-corrected chi connectivity index (χ3v) is 3.64. The molecule has 0 unspecified atom stereocenters. The summed E-state index contributed by atoms with van der Waals surface area (Å²) in [7, 11) is 0. The zero-order valence-electron chi connectivity index (χ0n) is 9.12. The van der Waals surface area contributed by atoms with Crippen LogP contribution in [0.25, 0.3) is 15.6 Å². The number of benzene rings is 1. The third-order valence-electron chi connectivity index (χ3n) is 2.38. The van der Waals surface area contributed by atoms with E-state index >= 15 is 0 Å². The Morgan fingerprint density at radius 3 is 2.94 bits per heavy atom. The molecule has 3 rings (SSSR count). The van der Waals surface area contributed by atoms with Crippen molar-refractivity contribution in [3.8, 4) is 15.6 Å². The first-order valence-corrected chi connectivity index (χ1v) is 6.30. The zero-order chi connectivity index (χ0) is 12.5. The van der Waals surface area contributed by atoms with Crippen molar-refractivity contribution in [2.24, 2.45) is 0 Å². The number of hydrogen-bond acceptors (Lipinski definition) is 5. The van der Waals surface area contributed by atoms with E-state index < -0.39 is 0 Å². The second-order valence-electron chi connectivity index (χ2n) is 3.58. The molecule has 1 aromatic carbocycles. The van der Waals surface area contributed by atoms with Crippen molar-refractivity contribution in [2.75, 3.05) is 5.73 Å². The molecule has 5 nitrogen and oxygen atoms in total. The monoisotopic (exact) mass is 277 g/mol. The second-order valence-corrected chi connectivity index (χ2v) is 5.02. The molecule has 0 atom stereocenters. The van der Waals surface area contributed by atoms with Crippen molar-refractivity contribution in [3.63, 3.8) is 0 Å². The maximum absolute atomic E-state index is 5.93. The van der Waals surface area contributed by atoms with Crippen LogP contribution in [0.3, 0.4) is 0 Å². The van der Waals surface area contributed by atoms with Gasteiger partial charge in [0, 0.05) is 16.3 Å². The maximum Gasteiger partial charge on any atom is 0.139 e. The van der Waals surface area contributed by atoms with Gasteiger partial charge in [-0.1, -0.05) is 22.9 Å². The fraction of sp³-hybridized carbons (Fsp3) is 0. The summed E-state index contributed by atoms with van der Waals surface area (Å²) in [5.41, 5.74) is 7.41. The van der Waals surface area contributed by atoms with Crippen LogP contribution in [-0.4, -0.2) is 19.7 Å². The number of halogens is 1. The van der Waals surface area contributed by atoms with E-state index in [-0.39, 0.29) is 0 Å². The lowest BCUT2D eigenvalue weighted by atomic mass is 10.2. The van der Waals surface area contributed by atoms with E-state index in [9.17, 15) is 0 Å². The largest absolute Gasteiger partial charge is 0.398 e. The average molecular weight is 278 g/mol. The summed E-state index contributed by atoms with van der Waals surface area (Å²) >= 11 is 7.36. The Hall–Kier alpha value is -1.92. The molecule has 0 fully saturated rings. The van der Waals surface area contributed by atoms with Crippen LogP contribution in [0.4, 0.5) is 5.69 Å². The molecule has 0 spiro atoms. The average Bonchev–Trinajstić information content (AvgIpc) is 2.99. The lowest BCUT2D eigenvalue weighted by molar-refractivity contribution is 0.893. The van der Waals surface area contributed by atoms with Gasteiger partial charge in [0.25, 0.3) is 0 Å². The topological polar surface area (TPSA) is 69.6 Å². The molecule has 2 heterocycles. The van der Waals surface area contributed by atoms with E-state index in [1.54, 1.807) is 29.3 Å². The Morgan fingerprint density at radius 2 is 2.22 bits per heavy atom. The molecular formula is C11H8ClN5S. The predicted molar refractivity (Wildman–Crippen MR) is 71.9 cm³/mol. The van der Waals surface area contributed by atoms with Crippen LogP contribution in [0.15, 0.2) is 37.1 Å². The fourth-order valence-electron chi connectivity index (χ4n) is 1.55. The summed E-state index contributed by atoms with van der Waals surface area (Å²) in [6.07, 6.45) is 4.85. The van der Waals surface area contributed by atoms with Crippen LogP contribution in [0.2, 0.25) is 5.02 Å².